The number of hydrogen-bond donors (Lipinski definition) is 1. The molecule has 1 aliphatic heterocycles. The zero-order valence-electron chi connectivity index (χ0n) is 18.2. The van der Waals surface area contributed by atoms with E-state index in [1.807, 2.05) is 47.4 Å². The maximum absolute atomic E-state index is 12.4. The van der Waals surface area contributed by atoms with Gasteiger partial charge in [-0.1, -0.05) is 23.7 Å². The van der Waals surface area contributed by atoms with Crippen molar-refractivity contribution >= 4 is 34.9 Å². The predicted octanol–water partition coefficient (Wildman–Crippen LogP) is 4.68. The van der Waals surface area contributed by atoms with Crippen molar-refractivity contribution in [2.45, 2.75) is 32.9 Å². The smallest absolute Gasteiger partial charge is 0.325 e. The highest BCUT2D eigenvalue weighted by Crippen LogP contribution is 2.41. The Balaban J connectivity index is 1.81. The second kappa shape index (κ2) is 9.30. The molecule has 2 atom stereocenters. The number of carbonyl (C=O) groups excluding carboxylic acids is 1. The third-order valence-electron chi connectivity index (χ3n) is 5.66. The quantitative estimate of drug-likeness (QED) is 0.418. The van der Waals surface area contributed by atoms with Crippen LogP contribution in [0.3, 0.4) is 0 Å². The molecule has 0 aliphatic carbocycles. The molecule has 0 bridgehead atoms. The zero-order valence-corrected chi connectivity index (χ0v) is 19.8. The maximum Gasteiger partial charge on any atom is 0.325 e. The summed E-state index contributed by atoms with van der Waals surface area (Å²) in [6.45, 7) is 6.32. The maximum atomic E-state index is 12.4. The molecule has 32 heavy (non-hydrogen) atoms. The number of nitrogens with one attached hydrogen (secondary N) is 1. The van der Waals surface area contributed by atoms with Crippen molar-refractivity contribution in [3.05, 3.63) is 82.4 Å². The molecule has 1 aliphatic rings. The number of carbonyl (C=O) groups is 1. The molecule has 4 rings (SSSR count). The van der Waals surface area contributed by atoms with Gasteiger partial charge in [0.05, 0.1) is 24.4 Å². The SMILES string of the molecule is CCOC(=O)CN1C(=S)N[C@@H](c2ccccn2)[C@H]1c1cc(C)n(-c2cccc(Cl)c2)c1C. The predicted molar refractivity (Wildman–Crippen MR) is 129 cm³/mol. The summed E-state index contributed by atoms with van der Waals surface area (Å²) in [5.74, 6) is -0.313. The monoisotopic (exact) mass is 468 g/mol. The number of aryl methyl sites for hydroxylation is 1. The van der Waals surface area contributed by atoms with Crippen LogP contribution in [-0.4, -0.2) is 38.7 Å². The molecule has 166 valence electrons. The van der Waals surface area contributed by atoms with E-state index in [1.165, 1.54) is 0 Å². The summed E-state index contributed by atoms with van der Waals surface area (Å²) >= 11 is 11.9. The largest absolute Gasteiger partial charge is 0.465 e. The molecule has 0 saturated carbocycles. The highest BCUT2D eigenvalue weighted by molar-refractivity contribution is 7.80. The summed E-state index contributed by atoms with van der Waals surface area (Å²) in [6, 6.07) is 15.3. The number of aromatic nitrogens is 2. The Morgan fingerprint density at radius 3 is 2.72 bits per heavy atom. The molecule has 2 aromatic heterocycles. The number of pyridine rings is 1. The molecule has 0 spiro atoms. The molecule has 8 heteroatoms. The molecule has 1 fully saturated rings. The van der Waals surface area contributed by atoms with E-state index in [-0.39, 0.29) is 24.6 Å². The molecule has 0 radical (unpaired) electrons. The van der Waals surface area contributed by atoms with Crippen LogP contribution in [0.5, 0.6) is 0 Å². The molecular formula is C24H25ClN4O2S. The summed E-state index contributed by atoms with van der Waals surface area (Å²) < 4.78 is 7.38. The van der Waals surface area contributed by atoms with Gasteiger partial charge in [0, 0.05) is 28.3 Å². The van der Waals surface area contributed by atoms with E-state index in [2.05, 4.69) is 34.8 Å². The second-order valence-corrected chi connectivity index (χ2v) is 8.52. The normalized spacial score (nSPS) is 18.0. The molecule has 0 unspecified atom stereocenters. The summed E-state index contributed by atoms with van der Waals surface area (Å²) in [4.78, 5) is 18.9. The Kier molecular flexibility index (Phi) is 6.48. The van der Waals surface area contributed by atoms with Crippen LogP contribution in [0.4, 0.5) is 0 Å². The summed E-state index contributed by atoms with van der Waals surface area (Å²) in [7, 11) is 0. The topological polar surface area (TPSA) is 59.4 Å². The van der Waals surface area contributed by atoms with Crippen LogP contribution in [0.15, 0.2) is 54.7 Å². The van der Waals surface area contributed by atoms with Crippen LogP contribution in [0.1, 0.15) is 41.7 Å². The molecule has 3 heterocycles. The molecule has 0 amide bonds. The fourth-order valence-corrected chi connectivity index (χ4v) is 4.85. The van der Waals surface area contributed by atoms with Crippen molar-refractivity contribution in [1.29, 1.82) is 0 Å². The van der Waals surface area contributed by atoms with Gasteiger partial charge < -0.3 is 19.5 Å². The molecular weight excluding hydrogens is 444 g/mol. The summed E-state index contributed by atoms with van der Waals surface area (Å²) in [6.07, 6.45) is 1.76. The second-order valence-electron chi connectivity index (χ2n) is 7.70. The summed E-state index contributed by atoms with van der Waals surface area (Å²) in [5.41, 5.74) is 5.02. The third kappa shape index (κ3) is 4.23. The van der Waals surface area contributed by atoms with Crippen molar-refractivity contribution in [1.82, 2.24) is 19.8 Å². The minimum atomic E-state index is -0.313. The molecule has 6 nitrogen and oxygen atoms in total. The molecule has 1 N–H and O–H groups in total. The first-order valence-electron chi connectivity index (χ1n) is 10.5. The first-order chi connectivity index (χ1) is 15.4. The molecule has 1 aromatic carbocycles. The van der Waals surface area contributed by atoms with Gasteiger partial charge in [-0.15, -0.1) is 0 Å². The number of hydrogen-bond acceptors (Lipinski definition) is 4. The Bertz CT molecular complexity index is 1150. The lowest BCUT2D eigenvalue weighted by Gasteiger charge is -2.27. The Morgan fingerprint density at radius 2 is 2.03 bits per heavy atom. The summed E-state index contributed by atoms with van der Waals surface area (Å²) in [5, 5.41) is 4.56. The number of rotatable bonds is 6. The number of thiocarbonyl (C=S) groups is 1. The number of ether oxygens (including phenoxy) is 1. The van der Waals surface area contributed by atoms with Gasteiger partial charge in [-0.2, -0.15) is 0 Å². The number of benzene rings is 1. The van der Waals surface area contributed by atoms with Crippen LogP contribution in [0, 0.1) is 13.8 Å². The zero-order chi connectivity index (χ0) is 22.8. The standard InChI is InChI=1S/C24H25ClN4O2S/c1-4-31-21(30)14-28-23(22(27-24(28)32)20-10-5-6-11-26-20)19-12-15(2)29(16(19)3)18-9-7-8-17(25)13-18/h5-13,22-23H,4,14H2,1-3H3,(H,27,32)/t22-,23+/m0/s1. The van der Waals surface area contributed by atoms with E-state index < -0.39 is 0 Å². The van der Waals surface area contributed by atoms with Crippen molar-refractivity contribution in [3.63, 3.8) is 0 Å². The van der Waals surface area contributed by atoms with Gasteiger partial charge in [0.15, 0.2) is 5.11 Å². The molecule has 1 saturated heterocycles. The Morgan fingerprint density at radius 1 is 1.22 bits per heavy atom. The van der Waals surface area contributed by atoms with E-state index in [4.69, 9.17) is 28.6 Å². The van der Waals surface area contributed by atoms with E-state index in [1.54, 1.807) is 13.1 Å². The average molecular weight is 469 g/mol. The van der Waals surface area contributed by atoms with Gasteiger partial charge in [0.1, 0.15) is 6.54 Å². The lowest BCUT2D eigenvalue weighted by atomic mass is 9.97. The van der Waals surface area contributed by atoms with Crippen molar-refractivity contribution in [2.24, 2.45) is 0 Å². The highest BCUT2D eigenvalue weighted by atomic mass is 35.5. The first-order valence-corrected chi connectivity index (χ1v) is 11.3. The first kappa shape index (κ1) is 22.3. The van der Waals surface area contributed by atoms with Gasteiger partial charge >= 0.3 is 5.97 Å². The van der Waals surface area contributed by atoms with Crippen LogP contribution in [0.2, 0.25) is 5.02 Å². The van der Waals surface area contributed by atoms with E-state index in [0.717, 1.165) is 28.3 Å². The van der Waals surface area contributed by atoms with Gasteiger partial charge in [-0.3, -0.25) is 9.78 Å². The fourth-order valence-electron chi connectivity index (χ4n) is 4.36. The lowest BCUT2D eigenvalue weighted by Crippen LogP contribution is -2.35. The minimum absolute atomic E-state index is 0.0640. The van der Waals surface area contributed by atoms with Crippen molar-refractivity contribution in [3.8, 4) is 5.69 Å². The number of esters is 1. The van der Waals surface area contributed by atoms with Crippen LogP contribution in [-0.2, 0) is 9.53 Å². The van der Waals surface area contributed by atoms with Crippen LogP contribution in [0.25, 0.3) is 5.69 Å². The molecule has 3 aromatic rings. The Labute approximate surface area is 198 Å². The average Bonchev–Trinajstić information content (AvgIpc) is 3.24. The minimum Gasteiger partial charge on any atom is -0.465 e. The fraction of sp³-hybridized carbons (Fsp3) is 0.292. The van der Waals surface area contributed by atoms with E-state index in [0.29, 0.717) is 16.7 Å². The number of halogens is 1. The lowest BCUT2D eigenvalue weighted by molar-refractivity contribution is -0.143. The van der Waals surface area contributed by atoms with Crippen LogP contribution >= 0.6 is 23.8 Å². The van der Waals surface area contributed by atoms with Gasteiger partial charge in [-0.25, -0.2) is 0 Å². The third-order valence-corrected chi connectivity index (χ3v) is 6.25. The van der Waals surface area contributed by atoms with Gasteiger partial charge in [0.2, 0.25) is 0 Å². The van der Waals surface area contributed by atoms with Crippen molar-refractivity contribution < 1.29 is 9.53 Å². The van der Waals surface area contributed by atoms with Gasteiger partial charge in [-0.05, 0) is 75.0 Å². The van der Waals surface area contributed by atoms with Crippen molar-refractivity contribution in [2.75, 3.05) is 13.2 Å². The van der Waals surface area contributed by atoms with Gasteiger partial charge in [0.25, 0.3) is 0 Å². The Hall–Kier alpha value is -2.90. The van der Waals surface area contributed by atoms with E-state index in [9.17, 15) is 4.79 Å². The van der Waals surface area contributed by atoms with E-state index >= 15 is 0 Å². The van der Waals surface area contributed by atoms with Crippen LogP contribution < -0.4 is 5.32 Å². The number of nitrogens with zero attached hydrogens (tertiary/aromatic N) is 3. The highest BCUT2D eigenvalue weighted by Gasteiger charge is 2.42.